The number of hydrogen-bond donors (Lipinski definition) is 0. The van der Waals surface area contributed by atoms with E-state index in [1.165, 1.54) is 12.0 Å². The number of likely N-dealkylation sites (tertiary alicyclic amines) is 1. The predicted octanol–water partition coefficient (Wildman–Crippen LogP) is 2.75. The number of halogens is 1. The van der Waals surface area contributed by atoms with E-state index < -0.39 is 0 Å². The van der Waals surface area contributed by atoms with Crippen molar-refractivity contribution in [2.24, 2.45) is 0 Å². The van der Waals surface area contributed by atoms with E-state index in [4.69, 9.17) is 0 Å². The molecule has 1 saturated heterocycles. The molecule has 0 radical (unpaired) electrons. The molecule has 1 heterocycles. The number of likely N-dealkylation sites (N-methyl/N-ethyl adjacent to an activating group) is 2. The fraction of sp³-hybridized carbons (Fsp3) is 0.533. The fourth-order valence-corrected chi connectivity index (χ4v) is 2.93. The Morgan fingerprint density at radius 1 is 1.42 bits per heavy atom. The average Bonchev–Trinajstić information content (AvgIpc) is 2.46. The van der Waals surface area contributed by atoms with Crippen molar-refractivity contribution in [3.63, 3.8) is 0 Å². The SMILES string of the molecule is CN1CCCC(N(C)C(=O)c2ccc(CBr)cc2)C1. The van der Waals surface area contributed by atoms with Crippen LogP contribution in [0.2, 0.25) is 0 Å². The normalized spacial score (nSPS) is 20.3. The summed E-state index contributed by atoms with van der Waals surface area (Å²) in [5.41, 5.74) is 1.97. The summed E-state index contributed by atoms with van der Waals surface area (Å²) in [6.45, 7) is 2.11. The molecular formula is C15H21BrN2O. The van der Waals surface area contributed by atoms with E-state index in [0.29, 0.717) is 6.04 Å². The Balaban J connectivity index is 2.05. The molecule has 0 bridgehead atoms. The number of benzene rings is 1. The van der Waals surface area contributed by atoms with Gasteiger partial charge in [0, 0.05) is 30.5 Å². The van der Waals surface area contributed by atoms with Gasteiger partial charge >= 0.3 is 0 Å². The summed E-state index contributed by atoms with van der Waals surface area (Å²) >= 11 is 3.42. The van der Waals surface area contributed by atoms with E-state index in [2.05, 4.69) is 27.9 Å². The molecule has 0 N–H and O–H groups in total. The van der Waals surface area contributed by atoms with Crippen LogP contribution in [0.1, 0.15) is 28.8 Å². The molecule has 0 aromatic heterocycles. The van der Waals surface area contributed by atoms with E-state index in [1.54, 1.807) is 0 Å². The van der Waals surface area contributed by atoms with Crippen molar-refractivity contribution in [2.75, 3.05) is 27.2 Å². The first-order chi connectivity index (χ1) is 9.11. The van der Waals surface area contributed by atoms with Gasteiger partial charge in [-0.2, -0.15) is 0 Å². The molecule has 0 spiro atoms. The molecule has 1 fully saturated rings. The van der Waals surface area contributed by atoms with Crippen molar-refractivity contribution < 1.29 is 4.79 Å². The van der Waals surface area contributed by atoms with Gasteiger partial charge in [-0.15, -0.1) is 0 Å². The summed E-state index contributed by atoms with van der Waals surface area (Å²) in [6.07, 6.45) is 2.27. The van der Waals surface area contributed by atoms with E-state index in [0.717, 1.165) is 30.4 Å². The molecule has 1 unspecified atom stereocenters. The Kier molecular flexibility index (Phi) is 4.99. The number of piperidine rings is 1. The molecule has 1 atom stereocenters. The molecule has 0 aliphatic carbocycles. The Hall–Kier alpha value is -0.870. The zero-order valence-corrected chi connectivity index (χ0v) is 13.2. The van der Waals surface area contributed by atoms with E-state index >= 15 is 0 Å². The molecule has 1 aromatic carbocycles. The number of rotatable bonds is 3. The maximum absolute atomic E-state index is 12.4. The van der Waals surface area contributed by atoms with Gasteiger partial charge in [0.05, 0.1) is 0 Å². The zero-order valence-electron chi connectivity index (χ0n) is 11.6. The first-order valence-electron chi connectivity index (χ1n) is 6.72. The average molecular weight is 325 g/mol. The Labute approximate surface area is 123 Å². The van der Waals surface area contributed by atoms with Gasteiger partial charge in [0.2, 0.25) is 0 Å². The second-order valence-electron chi connectivity index (χ2n) is 5.30. The van der Waals surface area contributed by atoms with E-state index in [9.17, 15) is 4.79 Å². The summed E-state index contributed by atoms with van der Waals surface area (Å²) in [7, 11) is 4.04. The van der Waals surface area contributed by atoms with Crippen LogP contribution in [0.5, 0.6) is 0 Å². The van der Waals surface area contributed by atoms with Crippen LogP contribution in [0, 0.1) is 0 Å². The highest BCUT2D eigenvalue weighted by molar-refractivity contribution is 9.08. The van der Waals surface area contributed by atoms with Crippen molar-refractivity contribution in [3.05, 3.63) is 35.4 Å². The van der Waals surface area contributed by atoms with Crippen LogP contribution in [-0.4, -0.2) is 48.9 Å². The Morgan fingerprint density at radius 3 is 2.68 bits per heavy atom. The Bertz CT molecular complexity index is 432. The molecule has 1 aromatic rings. The molecule has 104 valence electrons. The van der Waals surface area contributed by atoms with Gasteiger partial charge in [0.1, 0.15) is 0 Å². The Morgan fingerprint density at radius 2 is 2.11 bits per heavy atom. The third-order valence-corrected chi connectivity index (χ3v) is 4.47. The molecule has 2 rings (SSSR count). The lowest BCUT2D eigenvalue weighted by molar-refractivity contribution is 0.0644. The summed E-state index contributed by atoms with van der Waals surface area (Å²) in [4.78, 5) is 16.6. The third-order valence-electron chi connectivity index (χ3n) is 3.82. The van der Waals surface area contributed by atoms with Crippen LogP contribution < -0.4 is 0 Å². The number of carbonyl (C=O) groups is 1. The quantitative estimate of drug-likeness (QED) is 0.798. The number of carbonyl (C=O) groups excluding carboxylic acids is 1. The molecule has 3 nitrogen and oxygen atoms in total. The van der Waals surface area contributed by atoms with Gasteiger partial charge in [-0.25, -0.2) is 0 Å². The summed E-state index contributed by atoms with van der Waals surface area (Å²) in [5.74, 6) is 0.126. The maximum atomic E-state index is 12.4. The van der Waals surface area contributed by atoms with Crippen LogP contribution in [0.15, 0.2) is 24.3 Å². The molecule has 1 amide bonds. The van der Waals surface area contributed by atoms with Crippen molar-refractivity contribution in [2.45, 2.75) is 24.2 Å². The number of hydrogen-bond acceptors (Lipinski definition) is 2. The summed E-state index contributed by atoms with van der Waals surface area (Å²) in [5, 5.41) is 0.824. The zero-order chi connectivity index (χ0) is 13.8. The lowest BCUT2D eigenvalue weighted by Crippen LogP contribution is -2.47. The van der Waals surface area contributed by atoms with Crippen molar-refractivity contribution >= 4 is 21.8 Å². The van der Waals surface area contributed by atoms with Gasteiger partial charge in [0.15, 0.2) is 0 Å². The number of alkyl halides is 1. The highest BCUT2D eigenvalue weighted by atomic mass is 79.9. The minimum Gasteiger partial charge on any atom is -0.337 e. The molecule has 4 heteroatoms. The minimum atomic E-state index is 0.126. The second-order valence-corrected chi connectivity index (χ2v) is 5.87. The topological polar surface area (TPSA) is 23.6 Å². The largest absolute Gasteiger partial charge is 0.337 e. The summed E-state index contributed by atoms with van der Waals surface area (Å²) in [6, 6.07) is 8.18. The maximum Gasteiger partial charge on any atom is 0.253 e. The lowest BCUT2D eigenvalue weighted by atomic mass is 10.0. The molecule has 1 aliphatic rings. The molecular weight excluding hydrogens is 304 g/mol. The number of nitrogens with zero attached hydrogens (tertiary/aromatic N) is 2. The highest BCUT2D eigenvalue weighted by Crippen LogP contribution is 2.16. The standard InChI is InChI=1S/C15H21BrN2O/c1-17-9-3-4-14(11-17)18(2)15(19)13-7-5-12(10-16)6-8-13/h5-8,14H,3-4,9-11H2,1-2H3. The minimum absolute atomic E-state index is 0.126. The smallest absolute Gasteiger partial charge is 0.253 e. The van der Waals surface area contributed by atoms with Crippen LogP contribution in [0.25, 0.3) is 0 Å². The van der Waals surface area contributed by atoms with Crippen molar-refractivity contribution in [1.29, 1.82) is 0 Å². The summed E-state index contributed by atoms with van der Waals surface area (Å²) < 4.78 is 0. The van der Waals surface area contributed by atoms with Crippen LogP contribution in [-0.2, 0) is 5.33 Å². The fourth-order valence-electron chi connectivity index (χ4n) is 2.56. The van der Waals surface area contributed by atoms with Gasteiger partial charge < -0.3 is 9.80 Å². The van der Waals surface area contributed by atoms with E-state index in [-0.39, 0.29) is 5.91 Å². The first-order valence-corrected chi connectivity index (χ1v) is 7.84. The third kappa shape index (κ3) is 3.57. The van der Waals surface area contributed by atoms with Gasteiger partial charge in [-0.05, 0) is 44.1 Å². The number of amides is 1. The van der Waals surface area contributed by atoms with Crippen LogP contribution in [0.3, 0.4) is 0 Å². The molecule has 1 aliphatic heterocycles. The van der Waals surface area contributed by atoms with Crippen LogP contribution >= 0.6 is 15.9 Å². The monoisotopic (exact) mass is 324 g/mol. The van der Waals surface area contributed by atoms with Gasteiger partial charge in [-0.1, -0.05) is 28.1 Å². The lowest BCUT2D eigenvalue weighted by Gasteiger charge is -2.35. The van der Waals surface area contributed by atoms with Gasteiger partial charge in [-0.3, -0.25) is 4.79 Å². The molecule has 0 saturated carbocycles. The van der Waals surface area contributed by atoms with E-state index in [1.807, 2.05) is 36.2 Å². The first kappa shape index (κ1) is 14.5. The van der Waals surface area contributed by atoms with Crippen molar-refractivity contribution in [1.82, 2.24) is 9.80 Å². The van der Waals surface area contributed by atoms with Gasteiger partial charge in [0.25, 0.3) is 5.91 Å². The highest BCUT2D eigenvalue weighted by Gasteiger charge is 2.24. The predicted molar refractivity (Wildman–Crippen MR) is 81.7 cm³/mol. The second kappa shape index (κ2) is 6.53. The van der Waals surface area contributed by atoms with Crippen molar-refractivity contribution in [3.8, 4) is 0 Å². The van der Waals surface area contributed by atoms with Crippen LogP contribution in [0.4, 0.5) is 0 Å². The molecule has 19 heavy (non-hydrogen) atoms.